The molecule has 3 aliphatic heterocycles. The molecule has 75 heavy (non-hydrogen) atoms. The Balaban J connectivity index is 1.69. The maximum absolute atomic E-state index is 14.6. The maximum Gasteiger partial charge on any atom is 0.329 e. The second-order valence-electron chi connectivity index (χ2n) is 22.1. The van der Waals surface area contributed by atoms with Gasteiger partial charge in [0.05, 0.1) is 31.5 Å². The highest BCUT2D eigenvalue weighted by Gasteiger charge is 2.53. The van der Waals surface area contributed by atoms with E-state index in [0.717, 1.165) is 17.6 Å². The molecule has 2 saturated heterocycles. The Bertz CT molecular complexity index is 2060. The predicted molar refractivity (Wildman–Crippen MR) is 284 cm³/mol. The van der Waals surface area contributed by atoms with Crippen LogP contribution in [0, 0.1) is 40.9 Å². The number of aliphatic hydroxyl groups excluding tert-OH is 2. The van der Waals surface area contributed by atoms with E-state index >= 15 is 0 Å². The number of esters is 2. The van der Waals surface area contributed by atoms with Crippen LogP contribution in [0.25, 0.3) is 0 Å². The number of fused-ring (bicyclic) bond motifs is 3. The van der Waals surface area contributed by atoms with Crippen molar-refractivity contribution in [2.45, 2.75) is 187 Å². The molecule has 1 amide bonds. The van der Waals surface area contributed by atoms with Gasteiger partial charge in [-0.1, -0.05) is 71.1 Å². The number of methoxy groups -OCH3 is 3. The number of hydrogen-bond acceptors (Lipinski definition) is 17. The molecule has 18 heteroatoms. The van der Waals surface area contributed by atoms with E-state index in [9.17, 15) is 44.1 Å². The lowest BCUT2D eigenvalue weighted by molar-refractivity contribution is -0.265. The molecule has 424 valence electrons. The molecule has 0 radical (unpaired) electrons. The van der Waals surface area contributed by atoms with Crippen molar-refractivity contribution in [3.63, 3.8) is 0 Å². The molecule has 0 aromatic rings. The van der Waals surface area contributed by atoms with Crippen molar-refractivity contribution < 1.29 is 76.7 Å². The van der Waals surface area contributed by atoms with Crippen molar-refractivity contribution in [2.75, 3.05) is 47.3 Å². The summed E-state index contributed by atoms with van der Waals surface area (Å²) in [4.78, 5) is 85.9. The van der Waals surface area contributed by atoms with Crippen LogP contribution >= 0.6 is 12.0 Å². The zero-order chi connectivity index (χ0) is 55.8. The number of allylic oxidation sites excluding steroid dienone is 6. The fourth-order valence-electron chi connectivity index (χ4n) is 10.9. The Labute approximate surface area is 450 Å². The molecule has 4 aliphatic rings. The standard InChI is InChI=1S/C57H89NO16S/c1-34-18-14-13-15-19-35(2)46(68-9)30-42-23-21-40(7)57(67,74-42)52(63)53(64)58-25-17-16-20-43(58)54(65)72-47(31-44(60)36(3)27-39(6)50(62)51(70-11)49(61)38(5)26-34)37(4)28-41-22-24-45(48(29-41)69-10)73-55(66)56(8,32-59)33-71-75-12/h13-15,18-19,27,34,36-38,40-43,45-48,50-51,59,62,67H,16-17,20-26,28-33H2,1-12H3/b15-13+,18-14+,35-19+,39-27+/t34-,36-,37-,38-,40-,41+,42+,43+,45-,46+,47+,48-,50-,51+,56?,57-/m1/s1. The van der Waals surface area contributed by atoms with Crippen molar-refractivity contribution in [1.29, 1.82) is 0 Å². The molecular formula is C57H89NO16S. The Morgan fingerprint density at radius 3 is 2.28 bits per heavy atom. The summed E-state index contributed by atoms with van der Waals surface area (Å²) in [5, 5.41) is 33.6. The maximum atomic E-state index is 14.6. The highest BCUT2D eigenvalue weighted by molar-refractivity contribution is 7.93. The van der Waals surface area contributed by atoms with Gasteiger partial charge in [0.25, 0.3) is 11.7 Å². The first-order valence-corrected chi connectivity index (χ1v) is 28.1. The minimum Gasteiger partial charge on any atom is -0.460 e. The summed E-state index contributed by atoms with van der Waals surface area (Å²) >= 11 is 1.08. The van der Waals surface area contributed by atoms with E-state index in [1.54, 1.807) is 54.1 Å². The first kappa shape index (κ1) is 63.9. The van der Waals surface area contributed by atoms with Crippen LogP contribution in [0.3, 0.4) is 0 Å². The number of cyclic esters (lactones) is 1. The van der Waals surface area contributed by atoms with Gasteiger partial charge in [0.15, 0.2) is 5.78 Å². The molecule has 3 fully saturated rings. The van der Waals surface area contributed by atoms with Gasteiger partial charge in [-0.3, -0.25) is 24.0 Å². The van der Waals surface area contributed by atoms with Crippen LogP contribution in [0.15, 0.2) is 47.6 Å². The number of ether oxygens (including phenoxy) is 6. The Morgan fingerprint density at radius 2 is 1.63 bits per heavy atom. The van der Waals surface area contributed by atoms with Crippen LogP contribution in [0.4, 0.5) is 0 Å². The predicted octanol–water partition coefficient (Wildman–Crippen LogP) is 7.02. The molecule has 17 nitrogen and oxygen atoms in total. The number of Topliss-reactive ketones (excluding diaryl/α,β-unsaturated/α-hetero) is 3. The Kier molecular flexibility index (Phi) is 25.5. The number of amides is 1. The SMILES string of the molecule is CO[C@H]1C[C@@H]2CC[C@@H](C)[C@@](O)(O2)C(=O)C(=O)N2CCCC[C@H]2C(=O)O[C@H]([C@H](C)C[C@@H]2CC[C@@H](OC(=O)C(C)(CO)COSC)[C@H](OC)C2)CC(=O)[C@H](C)/C=C(\C)[C@@H](O)[C@@H](OC)C(=O)[C@H](C)C[C@H](C)/C=C/C=C/C=C/1C. The highest BCUT2D eigenvalue weighted by Crippen LogP contribution is 2.39. The van der Waals surface area contributed by atoms with Gasteiger partial charge in [-0.25, -0.2) is 4.79 Å². The number of carbonyl (C=O) groups is 6. The molecule has 3 heterocycles. The van der Waals surface area contributed by atoms with Gasteiger partial charge in [-0.2, -0.15) is 0 Å². The van der Waals surface area contributed by atoms with E-state index in [-0.39, 0.29) is 49.4 Å². The molecule has 0 aromatic carbocycles. The lowest BCUT2D eigenvalue weighted by Gasteiger charge is -2.42. The number of aliphatic hydroxyl groups is 3. The fraction of sp³-hybridized carbons (Fsp3) is 0.754. The summed E-state index contributed by atoms with van der Waals surface area (Å²) in [6, 6.07) is -1.19. The van der Waals surface area contributed by atoms with Crippen LogP contribution < -0.4 is 0 Å². The zero-order valence-electron chi connectivity index (χ0n) is 46.7. The topological polar surface area (TPSA) is 231 Å². The van der Waals surface area contributed by atoms with Gasteiger partial charge < -0.3 is 52.8 Å². The van der Waals surface area contributed by atoms with E-state index in [2.05, 4.69) is 0 Å². The summed E-state index contributed by atoms with van der Waals surface area (Å²) < 4.78 is 41.1. The monoisotopic (exact) mass is 1080 g/mol. The Hall–Kier alpha value is -3.59. The lowest BCUT2D eigenvalue weighted by Crippen LogP contribution is -2.61. The first-order valence-electron chi connectivity index (χ1n) is 26.9. The molecule has 1 aliphatic carbocycles. The van der Waals surface area contributed by atoms with E-state index in [1.165, 1.54) is 19.1 Å². The third-order valence-electron chi connectivity index (χ3n) is 16.0. The third-order valence-corrected chi connectivity index (χ3v) is 16.4. The van der Waals surface area contributed by atoms with Gasteiger partial charge in [0.2, 0.25) is 5.79 Å². The number of piperidine rings is 1. The molecule has 1 saturated carbocycles. The first-order chi connectivity index (χ1) is 35.5. The molecule has 16 atom stereocenters. The van der Waals surface area contributed by atoms with Crippen LogP contribution in [0.1, 0.15) is 132 Å². The number of hydrogen-bond donors (Lipinski definition) is 3. The largest absolute Gasteiger partial charge is 0.460 e. The van der Waals surface area contributed by atoms with Gasteiger partial charge in [-0.05, 0) is 126 Å². The van der Waals surface area contributed by atoms with Crippen molar-refractivity contribution in [2.24, 2.45) is 40.9 Å². The molecule has 3 N–H and O–H groups in total. The van der Waals surface area contributed by atoms with Gasteiger partial charge in [-0.15, -0.1) is 0 Å². The minimum absolute atomic E-state index is 0.00418. The molecule has 0 spiro atoms. The fourth-order valence-corrected chi connectivity index (χ4v) is 11.3. The number of nitrogens with zero attached hydrogens (tertiary/aromatic N) is 1. The summed E-state index contributed by atoms with van der Waals surface area (Å²) in [5.41, 5.74) is -0.0552. The normalized spacial score (nSPS) is 37.4. The van der Waals surface area contributed by atoms with Crippen molar-refractivity contribution in [3.05, 3.63) is 47.6 Å². The lowest BCUT2D eigenvalue weighted by atomic mass is 9.78. The molecule has 1 unspecified atom stereocenters. The van der Waals surface area contributed by atoms with Crippen LogP contribution in [-0.2, 0) is 61.4 Å². The molecular weight excluding hydrogens is 987 g/mol. The van der Waals surface area contributed by atoms with Gasteiger partial charge in [0.1, 0.15) is 41.7 Å². The van der Waals surface area contributed by atoms with Crippen LogP contribution in [0.5, 0.6) is 0 Å². The number of ketones is 3. The molecule has 2 bridgehead atoms. The minimum atomic E-state index is -2.46. The number of carbonyl (C=O) groups excluding carboxylic acids is 6. The second-order valence-corrected chi connectivity index (χ2v) is 22.7. The summed E-state index contributed by atoms with van der Waals surface area (Å²) in [7, 11) is 4.47. The van der Waals surface area contributed by atoms with E-state index in [1.807, 2.05) is 51.2 Å². The summed E-state index contributed by atoms with van der Waals surface area (Å²) in [6.45, 7) is 13.7. The van der Waals surface area contributed by atoms with E-state index in [0.29, 0.717) is 69.8 Å². The zero-order valence-corrected chi connectivity index (χ0v) is 47.5. The van der Waals surface area contributed by atoms with Crippen molar-refractivity contribution >= 4 is 47.2 Å². The second kappa shape index (κ2) is 30.0. The quantitative estimate of drug-likeness (QED) is 0.0771. The van der Waals surface area contributed by atoms with Gasteiger partial charge >= 0.3 is 11.9 Å². The van der Waals surface area contributed by atoms with Crippen molar-refractivity contribution in [3.8, 4) is 0 Å². The van der Waals surface area contributed by atoms with E-state index < -0.39 is 114 Å². The molecule has 0 aromatic heterocycles. The highest BCUT2D eigenvalue weighted by atomic mass is 32.2. The Morgan fingerprint density at radius 1 is 0.907 bits per heavy atom. The van der Waals surface area contributed by atoms with Crippen LogP contribution in [-0.4, -0.2) is 157 Å². The van der Waals surface area contributed by atoms with E-state index in [4.69, 9.17) is 32.6 Å². The van der Waals surface area contributed by atoms with Gasteiger partial charge in [0, 0.05) is 64.7 Å². The molecule has 4 rings (SSSR count). The van der Waals surface area contributed by atoms with Crippen LogP contribution in [0.2, 0.25) is 0 Å². The summed E-state index contributed by atoms with van der Waals surface area (Å²) in [5.74, 6) is -9.13. The average Bonchev–Trinajstić information content (AvgIpc) is 3.39. The smallest absolute Gasteiger partial charge is 0.329 e. The number of rotatable bonds is 12. The third kappa shape index (κ3) is 17.2. The summed E-state index contributed by atoms with van der Waals surface area (Å²) in [6.07, 6.45) is 11.8. The van der Waals surface area contributed by atoms with Crippen molar-refractivity contribution in [1.82, 2.24) is 4.90 Å². The average molecular weight is 1080 g/mol.